The van der Waals surface area contributed by atoms with Gasteiger partial charge in [-0.3, -0.25) is 4.79 Å². The second-order valence-corrected chi connectivity index (χ2v) is 5.62. The Morgan fingerprint density at radius 2 is 1.65 bits per heavy atom. The van der Waals surface area contributed by atoms with E-state index in [0.29, 0.717) is 12.8 Å². The van der Waals surface area contributed by atoms with Crippen LogP contribution in [0.5, 0.6) is 0 Å². The van der Waals surface area contributed by atoms with Crippen molar-refractivity contribution < 1.29 is 29.0 Å². The third kappa shape index (κ3) is 4.11. The first-order valence-electron chi connectivity index (χ1n) is 6.60. The van der Waals surface area contributed by atoms with Gasteiger partial charge in [-0.2, -0.15) is 0 Å². The topological polar surface area (TPSA) is 102 Å². The van der Waals surface area contributed by atoms with E-state index in [0.717, 1.165) is 0 Å². The van der Waals surface area contributed by atoms with E-state index >= 15 is 0 Å². The van der Waals surface area contributed by atoms with Crippen LogP contribution in [0.4, 0.5) is 4.79 Å². The highest BCUT2D eigenvalue weighted by Gasteiger charge is 2.52. The maximum Gasteiger partial charge on any atom is 0.411 e. The summed E-state index contributed by atoms with van der Waals surface area (Å²) in [5.74, 6) is -2.13. The average molecular weight is 287 g/mol. The van der Waals surface area contributed by atoms with Gasteiger partial charge in [-0.1, -0.05) is 27.7 Å². The Kier molecular flexibility index (Phi) is 4.97. The minimum atomic E-state index is -1.22. The van der Waals surface area contributed by atoms with Gasteiger partial charge in [-0.25, -0.2) is 9.59 Å². The van der Waals surface area contributed by atoms with Crippen LogP contribution in [-0.4, -0.2) is 35.0 Å². The van der Waals surface area contributed by atoms with Crippen LogP contribution in [-0.2, 0) is 19.1 Å². The van der Waals surface area contributed by atoms with E-state index in [1.54, 1.807) is 27.7 Å². The molecule has 0 radical (unpaired) electrons. The minimum absolute atomic E-state index is 0.233. The summed E-state index contributed by atoms with van der Waals surface area (Å²) in [5, 5.41) is 11.3. The Morgan fingerprint density at radius 3 is 2.00 bits per heavy atom. The van der Waals surface area contributed by atoms with Gasteiger partial charge < -0.3 is 19.9 Å². The standard InChI is InChI=1S/C13H21NO6/c1-7(2)9(15)19-10(8(3)4)20-12(18)14-13(5-6-13)11(16)17/h7-8,10H,5-6H2,1-4H3,(H,14,18)(H,16,17). The molecule has 0 saturated heterocycles. The summed E-state index contributed by atoms with van der Waals surface area (Å²) in [6.07, 6.45) is -1.18. The molecule has 1 aliphatic rings. The molecule has 0 aromatic rings. The number of carbonyl (C=O) groups excluding carboxylic acids is 2. The fraction of sp³-hybridized carbons (Fsp3) is 0.769. The summed E-state index contributed by atoms with van der Waals surface area (Å²) in [4.78, 5) is 34.1. The number of amides is 1. The fourth-order valence-electron chi connectivity index (χ4n) is 1.39. The molecular weight excluding hydrogens is 266 g/mol. The minimum Gasteiger partial charge on any atom is -0.480 e. The van der Waals surface area contributed by atoms with Gasteiger partial charge in [-0.05, 0) is 12.8 Å². The van der Waals surface area contributed by atoms with Crippen LogP contribution in [0.3, 0.4) is 0 Å². The number of alkyl carbamates (subject to hydrolysis) is 1. The van der Waals surface area contributed by atoms with Crippen LogP contribution in [0.15, 0.2) is 0 Å². The lowest BCUT2D eigenvalue weighted by Crippen LogP contribution is -2.45. The monoisotopic (exact) mass is 287 g/mol. The van der Waals surface area contributed by atoms with Crippen molar-refractivity contribution in [3.05, 3.63) is 0 Å². The molecule has 1 saturated carbocycles. The van der Waals surface area contributed by atoms with E-state index in [1.807, 2.05) is 0 Å². The SMILES string of the molecule is CC(C)C(=O)OC(OC(=O)NC1(C(=O)O)CC1)C(C)C. The number of rotatable bonds is 6. The maximum absolute atomic E-state index is 11.7. The fourth-order valence-corrected chi connectivity index (χ4v) is 1.39. The van der Waals surface area contributed by atoms with Crippen molar-refractivity contribution in [3.8, 4) is 0 Å². The molecule has 0 aliphatic heterocycles. The van der Waals surface area contributed by atoms with Gasteiger partial charge in [0.15, 0.2) is 0 Å². The van der Waals surface area contributed by atoms with Crippen molar-refractivity contribution in [3.63, 3.8) is 0 Å². The maximum atomic E-state index is 11.7. The molecule has 2 N–H and O–H groups in total. The number of carboxylic acid groups (broad SMARTS) is 1. The van der Waals surface area contributed by atoms with Gasteiger partial charge in [0.2, 0.25) is 0 Å². The van der Waals surface area contributed by atoms with Crippen LogP contribution in [0.25, 0.3) is 0 Å². The molecule has 0 aromatic carbocycles. The number of carboxylic acids is 1. The lowest BCUT2D eigenvalue weighted by atomic mass is 10.2. The molecule has 0 spiro atoms. The molecule has 7 heteroatoms. The molecule has 1 aliphatic carbocycles. The summed E-state index contributed by atoms with van der Waals surface area (Å²) in [7, 11) is 0. The third-order valence-electron chi connectivity index (χ3n) is 2.97. The Labute approximate surface area is 117 Å². The molecule has 20 heavy (non-hydrogen) atoms. The van der Waals surface area contributed by atoms with Gasteiger partial charge >= 0.3 is 18.0 Å². The van der Waals surface area contributed by atoms with E-state index in [1.165, 1.54) is 0 Å². The van der Waals surface area contributed by atoms with E-state index in [2.05, 4.69) is 5.32 Å². The largest absolute Gasteiger partial charge is 0.480 e. The van der Waals surface area contributed by atoms with Crippen molar-refractivity contribution in [2.24, 2.45) is 11.8 Å². The summed E-state index contributed by atoms with van der Waals surface area (Å²) in [5.41, 5.74) is -1.22. The van der Waals surface area contributed by atoms with E-state index in [-0.39, 0.29) is 11.8 Å². The highest BCUT2D eigenvalue weighted by molar-refractivity contribution is 5.87. The van der Waals surface area contributed by atoms with Crippen LogP contribution in [0.2, 0.25) is 0 Å². The van der Waals surface area contributed by atoms with Crippen molar-refractivity contribution in [1.82, 2.24) is 5.32 Å². The summed E-state index contributed by atoms with van der Waals surface area (Å²) in [6, 6.07) is 0. The van der Waals surface area contributed by atoms with Crippen LogP contribution >= 0.6 is 0 Å². The summed E-state index contributed by atoms with van der Waals surface area (Å²) >= 11 is 0. The third-order valence-corrected chi connectivity index (χ3v) is 2.97. The molecule has 0 bridgehead atoms. The van der Waals surface area contributed by atoms with Gasteiger partial charge in [0.1, 0.15) is 5.54 Å². The molecule has 1 unspecified atom stereocenters. The average Bonchev–Trinajstić information content (AvgIpc) is 3.08. The Morgan fingerprint density at radius 1 is 1.10 bits per heavy atom. The zero-order chi connectivity index (χ0) is 15.5. The molecule has 1 amide bonds. The van der Waals surface area contributed by atoms with Crippen LogP contribution < -0.4 is 5.32 Å². The van der Waals surface area contributed by atoms with E-state index in [4.69, 9.17) is 14.6 Å². The normalized spacial score (nSPS) is 17.5. The molecule has 1 fully saturated rings. The smallest absolute Gasteiger partial charge is 0.411 e. The first-order valence-corrected chi connectivity index (χ1v) is 6.60. The van der Waals surface area contributed by atoms with Gasteiger partial charge in [-0.15, -0.1) is 0 Å². The summed E-state index contributed by atoms with van der Waals surface area (Å²) in [6.45, 7) is 6.80. The first kappa shape index (κ1) is 16.3. The number of esters is 1. The number of carbonyl (C=O) groups is 3. The number of hydrogen-bond acceptors (Lipinski definition) is 5. The highest BCUT2D eigenvalue weighted by atomic mass is 16.7. The number of ether oxygens (including phenoxy) is 2. The van der Waals surface area contributed by atoms with E-state index < -0.39 is 29.9 Å². The quantitative estimate of drug-likeness (QED) is 0.567. The predicted molar refractivity (Wildman–Crippen MR) is 68.8 cm³/mol. The molecule has 1 atom stereocenters. The lowest BCUT2D eigenvalue weighted by molar-refractivity contribution is -0.179. The van der Waals surface area contributed by atoms with Crippen molar-refractivity contribution in [2.45, 2.75) is 52.4 Å². The number of nitrogens with one attached hydrogen (secondary N) is 1. The Balaban J connectivity index is 2.56. The highest BCUT2D eigenvalue weighted by Crippen LogP contribution is 2.35. The van der Waals surface area contributed by atoms with Crippen molar-refractivity contribution in [1.29, 1.82) is 0 Å². The molecule has 7 nitrogen and oxygen atoms in total. The lowest BCUT2D eigenvalue weighted by Gasteiger charge is -2.23. The molecule has 114 valence electrons. The van der Waals surface area contributed by atoms with Crippen molar-refractivity contribution >= 4 is 18.0 Å². The van der Waals surface area contributed by atoms with E-state index in [9.17, 15) is 14.4 Å². The molecule has 0 heterocycles. The van der Waals surface area contributed by atoms with Gasteiger partial charge in [0.25, 0.3) is 6.29 Å². The second kappa shape index (κ2) is 6.11. The summed E-state index contributed by atoms with van der Waals surface area (Å²) < 4.78 is 10.1. The zero-order valence-corrected chi connectivity index (χ0v) is 12.1. The predicted octanol–water partition coefficient (Wildman–Crippen LogP) is 1.51. The number of hydrogen-bond donors (Lipinski definition) is 2. The first-order chi connectivity index (χ1) is 9.18. The van der Waals surface area contributed by atoms with Crippen LogP contribution in [0.1, 0.15) is 40.5 Å². The Bertz CT molecular complexity index is 400. The van der Waals surface area contributed by atoms with Gasteiger partial charge in [0, 0.05) is 5.92 Å². The Hall–Kier alpha value is -1.79. The van der Waals surface area contributed by atoms with Crippen LogP contribution in [0, 0.1) is 11.8 Å². The molecular formula is C13H21NO6. The second-order valence-electron chi connectivity index (χ2n) is 5.62. The van der Waals surface area contributed by atoms with Gasteiger partial charge in [0.05, 0.1) is 5.92 Å². The molecule has 0 aromatic heterocycles. The van der Waals surface area contributed by atoms with Crippen molar-refractivity contribution in [2.75, 3.05) is 0 Å². The number of aliphatic carboxylic acids is 1. The molecule has 1 rings (SSSR count). The zero-order valence-electron chi connectivity index (χ0n) is 12.1.